The Labute approximate surface area is 157 Å². The molecule has 1 amide bonds. The number of nitrogens with zero attached hydrogens (tertiary/aromatic N) is 3. The number of piperidine rings is 1. The second-order valence-electron chi connectivity index (χ2n) is 8.77. The number of ether oxygens (including phenoxy) is 1. The van der Waals surface area contributed by atoms with E-state index in [1.807, 2.05) is 53.4 Å². The van der Waals surface area contributed by atoms with Crippen molar-refractivity contribution in [2.45, 2.75) is 79.5 Å². The minimum Gasteiger partial charge on any atom is -0.444 e. The monoisotopic (exact) mass is 365 g/mol. The SMILES string of the molecule is Cc1noc(C)c1CN1CCCC(CN(C(=O)OC(C)(C)C)C(C)C)C1. The minimum absolute atomic E-state index is 0.128. The molecule has 0 saturated carbocycles. The summed E-state index contributed by atoms with van der Waals surface area (Å²) in [4.78, 5) is 16.9. The van der Waals surface area contributed by atoms with E-state index in [1.54, 1.807) is 0 Å². The number of aromatic nitrogens is 1. The topological polar surface area (TPSA) is 58.8 Å². The lowest BCUT2D eigenvalue weighted by Gasteiger charge is -2.37. The lowest BCUT2D eigenvalue weighted by Crippen LogP contribution is -2.47. The van der Waals surface area contributed by atoms with E-state index in [0.717, 1.165) is 50.5 Å². The largest absolute Gasteiger partial charge is 0.444 e. The van der Waals surface area contributed by atoms with E-state index in [9.17, 15) is 4.79 Å². The second kappa shape index (κ2) is 8.42. The molecule has 1 aromatic rings. The Bertz CT molecular complexity index is 584. The van der Waals surface area contributed by atoms with Crippen molar-refractivity contribution < 1.29 is 14.1 Å². The summed E-state index contributed by atoms with van der Waals surface area (Å²) in [5, 5.41) is 4.06. The average Bonchev–Trinajstić information content (AvgIpc) is 2.83. The molecule has 1 saturated heterocycles. The average molecular weight is 366 g/mol. The van der Waals surface area contributed by atoms with Crippen molar-refractivity contribution in [1.82, 2.24) is 15.0 Å². The fourth-order valence-corrected chi connectivity index (χ4v) is 3.49. The van der Waals surface area contributed by atoms with E-state index in [2.05, 4.69) is 10.1 Å². The summed E-state index contributed by atoms with van der Waals surface area (Å²) in [5.41, 5.74) is 1.70. The van der Waals surface area contributed by atoms with Gasteiger partial charge in [0.05, 0.1) is 5.69 Å². The number of hydrogen-bond donors (Lipinski definition) is 0. The van der Waals surface area contributed by atoms with Gasteiger partial charge in [0.1, 0.15) is 11.4 Å². The lowest BCUT2D eigenvalue weighted by molar-refractivity contribution is 0.0118. The van der Waals surface area contributed by atoms with Crippen LogP contribution in [0.5, 0.6) is 0 Å². The van der Waals surface area contributed by atoms with Crippen molar-refractivity contribution in [1.29, 1.82) is 0 Å². The smallest absolute Gasteiger partial charge is 0.410 e. The summed E-state index contributed by atoms with van der Waals surface area (Å²) in [6.07, 6.45) is 2.08. The van der Waals surface area contributed by atoms with Crippen LogP contribution >= 0.6 is 0 Å². The summed E-state index contributed by atoms with van der Waals surface area (Å²) < 4.78 is 10.9. The van der Waals surface area contributed by atoms with Gasteiger partial charge in [-0.2, -0.15) is 0 Å². The van der Waals surface area contributed by atoms with Gasteiger partial charge in [-0.15, -0.1) is 0 Å². The molecular formula is C20H35N3O3. The van der Waals surface area contributed by atoms with Gasteiger partial charge in [-0.25, -0.2) is 4.79 Å². The Balaban J connectivity index is 1.98. The summed E-state index contributed by atoms with van der Waals surface area (Å²) in [6.45, 7) is 17.5. The lowest BCUT2D eigenvalue weighted by atomic mass is 9.96. The van der Waals surface area contributed by atoms with Crippen molar-refractivity contribution >= 4 is 6.09 Å². The maximum atomic E-state index is 12.6. The van der Waals surface area contributed by atoms with Crippen molar-refractivity contribution in [2.75, 3.05) is 19.6 Å². The number of aryl methyl sites for hydroxylation is 2. The first-order valence-electron chi connectivity index (χ1n) is 9.70. The van der Waals surface area contributed by atoms with Gasteiger partial charge in [-0.1, -0.05) is 5.16 Å². The van der Waals surface area contributed by atoms with Crippen LogP contribution in [0.3, 0.4) is 0 Å². The van der Waals surface area contributed by atoms with Crippen LogP contribution in [0, 0.1) is 19.8 Å². The molecule has 26 heavy (non-hydrogen) atoms. The molecule has 1 atom stereocenters. The minimum atomic E-state index is -0.466. The quantitative estimate of drug-likeness (QED) is 0.784. The first-order chi connectivity index (χ1) is 12.1. The van der Waals surface area contributed by atoms with Crippen LogP contribution in [-0.4, -0.2) is 52.3 Å². The molecule has 1 aromatic heterocycles. The van der Waals surface area contributed by atoms with Crippen LogP contribution in [-0.2, 0) is 11.3 Å². The zero-order chi connectivity index (χ0) is 19.5. The first-order valence-corrected chi connectivity index (χ1v) is 9.70. The molecule has 1 unspecified atom stereocenters. The Morgan fingerprint density at radius 1 is 1.38 bits per heavy atom. The maximum absolute atomic E-state index is 12.6. The van der Waals surface area contributed by atoms with Crippen LogP contribution in [0.15, 0.2) is 4.52 Å². The number of carbonyl (C=O) groups excluding carboxylic acids is 1. The number of carbonyl (C=O) groups is 1. The zero-order valence-corrected chi connectivity index (χ0v) is 17.5. The highest BCUT2D eigenvalue weighted by molar-refractivity contribution is 5.68. The molecular weight excluding hydrogens is 330 g/mol. The number of amides is 1. The molecule has 6 nitrogen and oxygen atoms in total. The van der Waals surface area contributed by atoms with E-state index in [-0.39, 0.29) is 12.1 Å². The number of likely N-dealkylation sites (tertiary alicyclic amines) is 1. The van der Waals surface area contributed by atoms with Gasteiger partial charge in [0.25, 0.3) is 0 Å². The Hall–Kier alpha value is -1.56. The summed E-state index contributed by atoms with van der Waals surface area (Å²) in [7, 11) is 0. The van der Waals surface area contributed by atoms with E-state index in [1.165, 1.54) is 5.56 Å². The zero-order valence-electron chi connectivity index (χ0n) is 17.5. The molecule has 148 valence electrons. The highest BCUT2D eigenvalue weighted by Crippen LogP contribution is 2.23. The third-order valence-electron chi connectivity index (χ3n) is 4.87. The highest BCUT2D eigenvalue weighted by atomic mass is 16.6. The van der Waals surface area contributed by atoms with Gasteiger partial charge >= 0.3 is 6.09 Å². The van der Waals surface area contributed by atoms with E-state index < -0.39 is 5.60 Å². The van der Waals surface area contributed by atoms with Crippen molar-refractivity contribution in [3.05, 3.63) is 17.0 Å². The van der Waals surface area contributed by atoms with E-state index in [0.29, 0.717) is 5.92 Å². The molecule has 2 heterocycles. The standard InChI is InChI=1S/C20H35N3O3/c1-14(2)23(19(24)25-20(5,6)7)12-17-9-8-10-22(11-17)13-18-15(3)21-26-16(18)4/h14,17H,8-13H2,1-7H3. The predicted octanol–water partition coefficient (Wildman–Crippen LogP) is 4.15. The summed E-state index contributed by atoms with van der Waals surface area (Å²) >= 11 is 0. The fraction of sp³-hybridized carbons (Fsp3) is 0.800. The highest BCUT2D eigenvalue weighted by Gasteiger charge is 2.29. The molecule has 0 aromatic carbocycles. The molecule has 0 bridgehead atoms. The Morgan fingerprint density at radius 3 is 2.62 bits per heavy atom. The predicted molar refractivity (Wildman–Crippen MR) is 102 cm³/mol. The molecule has 0 radical (unpaired) electrons. The van der Waals surface area contributed by atoms with Crippen molar-refractivity contribution in [3.63, 3.8) is 0 Å². The molecule has 0 aliphatic carbocycles. The van der Waals surface area contributed by atoms with Gasteiger partial charge in [0.15, 0.2) is 0 Å². The van der Waals surface area contributed by atoms with Crippen LogP contribution in [0.2, 0.25) is 0 Å². The van der Waals surface area contributed by atoms with Gasteiger partial charge in [0.2, 0.25) is 0 Å². The van der Waals surface area contributed by atoms with E-state index in [4.69, 9.17) is 9.26 Å². The van der Waals surface area contributed by atoms with Crippen LogP contribution in [0.1, 0.15) is 64.5 Å². The Morgan fingerprint density at radius 2 is 2.08 bits per heavy atom. The summed E-state index contributed by atoms with van der Waals surface area (Å²) in [5.74, 6) is 1.36. The van der Waals surface area contributed by atoms with Crippen molar-refractivity contribution in [3.8, 4) is 0 Å². The van der Waals surface area contributed by atoms with Crippen LogP contribution < -0.4 is 0 Å². The molecule has 6 heteroatoms. The van der Waals surface area contributed by atoms with Gasteiger partial charge in [-0.3, -0.25) is 4.90 Å². The number of rotatable bonds is 5. The molecule has 1 fully saturated rings. The van der Waals surface area contributed by atoms with Crippen LogP contribution in [0.25, 0.3) is 0 Å². The van der Waals surface area contributed by atoms with Crippen LogP contribution in [0.4, 0.5) is 4.79 Å². The number of hydrogen-bond acceptors (Lipinski definition) is 5. The van der Waals surface area contributed by atoms with Gasteiger partial charge in [0, 0.05) is 31.2 Å². The van der Waals surface area contributed by atoms with Crippen molar-refractivity contribution in [2.24, 2.45) is 5.92 Å². The van der Waals surface area contributed by atoms with Gasteiger partial charge < -0.3 is 14.2 Å². The van der Waals surface area contributed by atoms with Gasteiger partial charge in [-0.05, 0) is 73.8 Å². The maximum Gasteiger partial charge on any atom is 0.410 e. The second-order valence-corrected chi connectivity index (χ2v) is 8.77. The third-order valence-corrected chi connectivity index (χ3v) is 4.87. The Kier molecular flexibility index (Phi) is 6.72. The fourth-order valence-electron chi connectivity index (χ4n) is 3.49. The molecule has 1 aliphatic heterocycles. The molecule has 1 aliphatic rings. The summed E-state index contributed by atoms with van der Waals surface area (Å²) in [6, 6.07) is 0.128. The molecule has 2 rings (SSSR count). The van der Waals surface area contributed by atoms with E-state index >= 15 is 0 Å². The molecule has 0 N–H and O–H groups in total. The normalized spacial score (nSPS) is 19.0. The molecule has 0 spiro atoms. The third kappa shape index (κ3) is 5.73. The first kappa shape index (κ1) is 20.7.